The number of hydrogen-bond acceptors (Lipinski definition) is 4. The number of nitrogens with two attached hydrogens (primary N) is 1. The van der Waals surface area contributed by atoms with Gasteiger partial charge in [-0.2, -0.15) is 0 Å². The molecule has 0 atom stereocenters. The van der Waals surface area contributed by atoms with Gasteiger partial charge in [-0.1, -0.05) is 0 Å². The lowest BCUT2D eigenvalue weighted by Crippen LogP contribution is -2.13. The molecule has 0 unspecified atom stereocenters. The Morgan fingerprint density at radius 2 is 2.10 bits per heavy atom. The second-order valence-corrected chi connectivity index (χ2v) is 6.50. The molecule has 2 rings (SSSR count). The number of furan rings is 1. The lowest BCUT2D eigenvalue weighted by molar-refractivity contribution is 0.484. The highest BCUT2D eigenvalue weighted by Crippen LogP contribution is 2.28. The van der Waals surface area contributed by atoms with E-state index >= 15 is 0 Å². The van der Waals surface area contributed by atoms with Gasteiger partial charge in [0.25, 0.3) is 10.0 Å². The highest BCUT2D eigenvalue weighted by molar-refractivity contribution is 9.10. The number of halogens is 2. The number of hydrogen-bond donors (Lipinski definition) is 2. The Balaban J connectivity index is 2.35. The smallest absolute Gasteiger partial charge is 0.266 e. The van der Waals surface area contributed by atoms with Crippen molar-refractivity contribution in [3.63, 3.8) is 0 Å². The zero-order valence-electron chi connectivity index (χ0n) is 10.5. The molecule has 1 aromatic heterocycles. The Hall–Kier alpha value is -1.38. The van der Waals surface area contributed by atoms with E-state index in [9.17, 15) is 12.8 Å². The van der Waals surface area contributed by atoms with E-state index in [1.165, 1.54) is 24.3 Å². The van der Waals surface area contributed by atoms with Crippen molar-refractivity contribution in [3.8, 4) is 0 Å². The third-order valence-corrected chi connectivity index (χ3v) is 4.85. The molecule has 1 heterocycles. The van der Waals surface area contributed by atoms with Crippen LogP contribution in [0.3, 0.4) is 0 Å². The number of sulfonamides is 1. The van der Waals surface area contributed by atoms with Gasteiger partial charge in [0.15, 0.2) is 4.67 Å². The van der Waals surface area contributed by atoms with Gasteiger partial charge in [0.05, 0.1) is 6.54 Å². The van der Waals surface area contributed by atoms with Crippen molar-refractivity contribution in [2.24, 2.45) is 5.73 Å². The van der Waals surface area contributed by atoms with Crippen LogP contribution in [-0.2, 0) is 16.6 Å². The zero-order chi connectivity index (χ0) is 14.9. The summed E-state index contributed by atoms with van der Waals surface area (Å²) in [7, 11) is -3.83. The van der Waals surface area contributed by atoms with E-state index in [0.29, 0.717) is 11.3 Å². The first-order valence-electron chi connectivity index (χ1n) is 5.60. The van der Waals surface area contributed by atoms with Gasteiger partial charge in [0.2, 0.25) is 0 Å². The van der Waals surface area contributed by atoms with E-state index in [0.717, 1.165) is 0 Å². The summed E-state index contributed by atoms with van der Waals surface area (Å²) < 4.78 is 45.2. The lowest BCUT2D eigenvalue weighted by atomic mass is 10.2. The summed E-state index contributed by atoms with van der Waals surface area (Å²) in [4.78, 5) is -0.0556. The lowest BCUT2D eigenvalue weighted by Gasteiger charge is -2.07. The van der Waals surface area contributed by atoms with Gasteiger partial charge < -0.3 is 10.2 Å². The molecule has 108 valence electrons. The van der Waals surface area contributed by atoms with E-state index < -0.39 is 15.8 Å². The fraction of sp³-hybridized carbons (Fsp3) is 0.167. The SMILES string of the molecule is Cc1cc(NS(=O)(=O)c2cc(CN)oc2Br)ccc1F. The summed E-state index contributed by atoms with van der Waals surface area (Å²) in [6.45, 7) is 1.64. The van der Waals surface area contributed by atoms with Crippen LogP contribution in [0, 0.1) is 12.7 Å². The van der Waals surface area contributed by atoms with Crippen LogP contribution in [0.2, 0.25) is 0 Å². The second kappa shape index (κ2) is 5.55. The number of aryl methyl sites for hydroxylation is 1. The molecule has 0 aliphatic rings. The first-order chi connectivity index (χ1) is 9.33. The summed E-state index contributed by atoms with van der Waals surface area (Å²) in [6.07, 6.45) is 0. The van der Waals surface area contributed by atoms with E-state index in [4.69, 9.17) is 10.2 Å². The fourth-order valence-corrected chi connectivity index (χ4v) is 3.65. The van der Waals surface area contributed by atoms with Gasteiger partial charge in [-0.15, -0.1) is 0 Å². The van der Waals surface area contributed by atoms with Crippen LogP contribution in [0.4, 0.5) is 10.1 Å². The van der Waals surface area contributed by atoms with Gasteiger partial charge in [-0.05, 0) is 46.6 Å². The molecule has 0 amide bonds. The predicted octanol–water partition coefficient (Wildman–Crippen LogP) is 2.75. The van der Waals surface area contributed by atoms with Gasteiger partial charge in [0.1, 0.15) is 16.5 Å². The second-order valence-electron chi connectivity index (χ2n) is 4.12. The predicted molar refractivity (Wildman–Crippen MR) is 76.2 cm³/mol. The van der Waals surface area contributed by atoms with Crippen LogP contribution in [0.1, 0.15) is 11.3 Å². The summed E-state index contributed by atoms with van der Waals surface area (Å²) in [5.74, 6) is -0.0598. The maximum Gasteiger partial charge on any atom is 0.266 e. The molecule has 3 N–H and O–H groups in total. The summed E-state index contributed by atoms with van der Waals surface area (Å²) >= 11 is 3.03. The fourth-order valence-electron chi connectivity index (χ4n) is 1.60. The normalized spacial score (nSPS) is 11.6. The average molecular weight is 363 g/mol. The minimum absolute atomic E-state index is 0.0556. The first-order valence-corrected chi connectivity index (χ1v) is 7.88. The molecule has 0 radical (unpaired) electrons. The molecule has 0 aliphatic carbocycles. The molecule has 20 heavy (non-hydrogen) atoms. The number of anilines is 1. The first kappa shape index (κ1) is 15.0. The van der Waals surface area contributed by atoms with Gasteiger partial charge in [0, 0.05) is 11.8 Å². The Bertz CT molecular complexity index is 743. The maximum absolute atomic E-state index is 13.2. The summed E-state index contributed by atoms with van der Waals surface area (Å²) in [5.41, 5.74) is 6.01. The molecule has 1 aromatic carbocycles. The molecule has 0 aliphatic heterocycles. The standard InChI is InChI=1S/C12H12BrFN2O3S/c1-7-4-8(2-3-10(7)14)16-20(17,18)11-5-9(6-15)19-12(11)13/h2-5,16H,6,15H2,1H3. The van der Waals surface area contributed by atoms with Crippen molar-refractivity contribution < 1.29 is 17.2 Å². The van der Waals surface area contributed by atoms with Gasteiger partial charge in [-0.25, -0.2) is 12.8 Å². The van der Waals surface area contributed by atoms with Crippen LogP contribution in [0.5, 0.6) is 0 Å². The van der Waals surface area contributed by atoms with Crippen LogP contribution in [0.15, 0.2) is 38.2 Å². The van der Waals surface area contributed by atoms with Crippen molar-refractivity contribution in [2.45, 2.75) is 18.4 Å². The quantitative estimate of drug-likeness (QED) is 0.875. The van der Waals surface area contributed by atoms with E-state index in [1.807, 2.05) is 0 Å². The number of nitrogens with one attached hydrogen (secondary N) is 1. The summed E-state index contributed by atoms with van der Waals surface area (Å²) in [5, 5.41) is 0. The molecule has 8 heteroatoms. The molecule has 2 aromatic rings. The number of benzene rings is 1. The Morgan fingerprint density at radius 3 is 2.65 bits per heavy atom. The number of rotatable bonds is 4. The van der Waals surface area contributed by atoms with Crippen LogP contribution in [0.25, 0.3) is 0 Å². The van der Waals surface area contributed by atoms with Gasteiger partial charge >= 0.3 is 0 Å². The minimum atomic E-state index is -3.83. The molecule has 5 nitrogen and oxygen atoms in total. The highest BCUT2D eigenvalue weighted by Gasteiger charge is 2.22. The van der Waals surface area contributed by atoms with E-state index in [-0.39, 0.29) is 21.8 Å². The molecular weight excluding hydrogens is 351 g/mol. The van der Waals surface area contributed by atoms with Crippen molar-refractivity contribution in [2.75, 3.05) is 4.72 Å². The Labute approximate surface area is 124 Å². The monoisotopic (exact) mass is 362 g/mol. The largest absolute Gasteiger partial charge is 0.452 e. The molecule has 0 spiro atoms. The molecular formula is C12H12BrFN2O3S. The van der Waals surface area contributed by atoms with E-state index in [1.54, 1.807) is 6.92 Å². The Kier molecular flexibility index (Phi) is 4.17. The van der Waals surface area contributed by atoms with Crippen molar-refractivity contribution in [1.29, 1.82) is 0 Å². The van der Waals surface area contributed by atoms with Crippen LogP contribution >= 0.6 is 15.9 Å². The highest BCUT2D eigenvalue weighted by atomic mass is 79.9. The van der Waals surface area contributed by atoms with Crippen LogP contribution in [-0.4, -0.2) is 8.42 Å². The minimum Gasteiger partial charge on any atom is -0.452 e. The third-order valence-electron chi connectivity index (χ3n) is 2.61. The third kappa shape index (κ3) is 3.02. The van der Waals surface area contributed by atoms with Crippen LogP contribution < -0.4 is 10.5 Å². The van der Waals surface area contributed by atoms with Crippen molar-refractivity contribution >= 4 is 31.6 Å². The summed E-state index contributed by atoms with van der Waals surface area (Å²) in [6, 6.07) is 5.29. The zero-order valence-corrected chi connectivity index (χ0v) is 12.9. The van der Waals surface area contributed by atoms with Gasteiger partial charge in [-0.3, -0.25) is 4.72 Å². The molecule has 0 saturated heterocycles. The average Bonchev–Trinajstić information content (AvgIpc) is 2.76. The topological polar surface area (TPSA) is 85.3 Å². The molecule has 0 fully saturated rings. The van der Waals surface area contributed by atoms with Crippen molar-refractivity contribution in [1.82, 2.24) is 0 Å². The molecule has 0 saturated carbocycles. The Morgan fingerprint density at radius 1 is 1.40 bits per heavy atom. The molecule has 0 bridgehead atoms. The maximum atomic E-state index is 13.2. The van der Waals surface area contributed by atoms with Crippen molar-refractivity contribution in [3.05, 3.63) is 46.1 Å². The van der Waals surface area contributed by atoms with E-state index in [2.05, 4.69) is 20.7 Å².